The molecular weight excluding hydrogens is 275 g/mol. The number of nitrogens with one attached hydrogen (secondary N) is 1. The minimum absolute atomic E-state index is 0.150. The molecule has 122 valence electrons. The molecule has 7 nitrogen and oxygen atoms in total. The normalized spacial score (nSPS) is 22.0. The van der Waals surface area contributed by atoms with E-state index in [1.807, 2.05) is 13.8 Å². The average Bonchev–Trinajstić information content (AvgIpc) is 2.74. The molecule has 1 saturated heterocycles. The van der Waals surface area contributed by atoms with Crippen LogP contribution in [0.5, 0.6) is 0 Å². The number of carbonyl (C=O) groups is 1. The number of rotatable bonds is 9. The molecule has 1 heterocycles. The van der Waals surface area contributed by atoms with Crippen LogP contribution in [0.1, 0.15) is 33.1 Å². The van der Waals surface area contributed by atoms with Gasteiger partial charge in [-0.1, -0.05) is 6.42 Å². The lowest BCUT2D eigenvalue weighted by Gasteiger charge is -2.20. The highest BCUT2D eigenvalue weighted by Gasteiger charge is 2.34. The molecule has 0 radical (unpaired) electrons. The van der Waals surface area contributed by atoms with Gasteiger partial charge in [0, 0.05) is 0 Å². The predicted molar refractivity (Wildman–Crippen MR) is 79.5 cm³/mol. The maximum Gasteiger partial charge on any atom is 0.374 e. The minimum Gasteiger partial charge on any atom is -0.462 e. The van der Waals surface area contributed by atoms with Crippen molar-refractivity contribution in [2.24, 2.45) is 5.73 Å². The summed E-state index contributed by atoms with van der Waals surface area (Å²) in [7, 11) is -0.773. The number of esters is 1. The molecule has 1 rings (SSSR count). The molecule has 0 bridgehead atoms. The number of unbranched alkanes of at least 4 members (excludes halogenated alkanes) is 1. The average molecular weight is 302 g/mol. The number of hydrogen-bond donors (Lipinski definition) is 3. The molecule has 0 spiro atoms. The zero-order valence-electron chi connectivity index (χ0n) is 13.1. The van der Waals surface area contributed by atoms with E-state index in [0.29, 0.717) is 19.6 Å². The molecule has 1 fully saturated rings. The molecule has 0 saturated carbocycles. The van der Waals surface area contributed by atoms with Crippen molar-refractivity contribution in [2.75, 3.05) is 19.8 Å². The van der Waals surface area contributed by atoms with Gasteiger partial charge in [-0.05, 0) is 40.1 Å². The summed E-state index contributed by atoms with van der Waals surface area (Å²) in [5.74, 6) is -1.02. The van der Waals surface area contributed by atoms with Crippen molar-refractivity contribution in [3.05, 3.63) is 0 Å². The first-order chi connectivity index (χ1) is 9.84. The quantitative estimate of drug-likeness (QED) is 0.310. The Morgan fingerprint density at radius 1 is 1.57 bits per heavy atom. The third-order valence-corrected chi connectivity index (χ3v) is 3.15. The number of nitrogens with two attached hydrogens (primary N) is 1. The van der Waals surface area contributed by atoms with E-state index in [9.17, 15) is 9.82 Å². The van der Waals surface area contributed by atoms with Gasteiger partial charge in [-0.15, -0.1) is 0 Å². The van der Waals surface area contributed by atoms with Gasteiger partial charge in [-0.25, -0.2) is 0 Å². The van der Waals surface area contributed by atoms with Crippen LogP contribution >= 0.6 is 0 Å². The number of hydrogen-bond acceptors (Lipinski definition) is 7. The van der Waals surface area contributed by atoms with Gasteiger partial charge >= 0.3 is 13.0 Å². The van der Waals surface area contributed by atoms with Crippen LogP contribution in [0.15, 0.2) is 0 Å². The van der Waals surface area contributed by atoms with Gasteiger partial charge in [-0.2, -0.15) is 0 Å². The van der Waals surface area contributed by atoms with Gasteiger partial charge in [-0.3, -0.25) is 4.79 Å². The van der Waals surface area contributed by atoms with Gasteiger partial charge in [0.25, 0.3) is 0 Å². The van der Waals surface area contributed by atoms with Crippen LogP contribution in [0.2, 0.25) is 6.82 Å². The maximum absolute atomic E-state index is 12.1. The molecule has 2 unspecified atom stereocenters. The summed E-state index contributed by atoms with van der Waals surface area (Å²) in [5, 5.41) is 12.2. The summed E-state index contributed by atoms with van der Waals surface area (Å²) in [6.45, 7) is 6.34. The standard InChI is InChI=1S/C13H27BN2O5/c1-13(2)20-9-10(21-13)8-19-12(17)11(16-14(3)18)6-4-5-7-15/h10-11,16,18H,4-9,15H2,1-3H3. The highest BCUT2D eigenvalue weighted by atomic mass is 16.7. The fourth-order valence-electron chi connectivity index (χ4n) is 2.17. The van der Waals surface area contributed by atoms with E-state index in [0.717, 1.165) is 12.8 Å². The Morgan fingerprint density at radius 3 is 2.81 bits per heavy atom. The fourth-order valence-corrected chi connectivity index (χ4v) is 2.17. The van der Waals surface area contributed by atoms with Crippen LogP contribution < -0.4 is 11.0 Å². The molecule has 4 N–H and O–H groups in total. The molecule has 1 aliphatic rings. The van der Waals surface area contributed by atoms with Gasteiger partial charge in [0.2, 0.25) is 0 Å². The lowest BCUT2D eigenvalue weighted by Crippen LogP contribution is -2.46. The van der Waals surface area contributed by atoms with Crippen molar-refractivity contribution in [3.8, 4) is 0 Å². The molecule has 1 aliphatic heterocycles. The third kappa shape index (κ3) is 7.24. The third-order valence-electron chi connectivity index (χ3n) is 3.15. The molecule has 0 amide bonds. The Morgan fingerprint density at radius 2 is 2.29 bits per heavy atom. The fraction of sp³-hybridized carbons (Fsp3) is 0.923. The minimum atomic E-state index is -0.773. The van der Waals surface area contributed by atoms with Crippen LogP contribution in [0, 0.1) is 0 Å². The van der Waals surface area contributed by atoms with Crippen molar-refractivity contribution >= 4 is 13.0 Å². The van der Waals surface area contributed by atoms with E-state index in [2.05, 4.69) is 5.23 Å². The second kappa shape index (κ2) is 8.70. The summed E-state index contributed by atoms with van der Waals surface area (Å²) in [6, 6.07) is -0.535. The topological polar surface area (TPSA) is 103 Å². The van der Waals surface area contributed by atoms with E-state index in [-0.39, 0.29) is 18.7 Å². The summed E-state index contributed by atoms with van der Waals surface area (Å²) < 4.78 is 16.2. The summed E-state index contributed by atoms with van der Waals surface area (Å²) in [4.78, 5) is 12.1. The lowest BCUT2D eigenvalue weighted by atomic mass is 9.86. The zero-order chi connectivity index (χ0) is 15.9. The predicted octanol–water partition coefficient (Wildman–Crippen LogP) is -0.121. The molecule has 21 heavy (non-hydrogen) atoms. The summed E-state index contributed by atoms with van der Waals surface area (Å²) >= 11 is 0. The summed E-state index contributed by atoms with van der Waals surface area (Å²) in [5.41, 5.74) is 5.44. The number of carbonyl (C=O) groups excluding carboxylic acids is 1. The Kier molecular flexibility index (Phi) is 7.62. The molecule has 8 heteroatoms. The molecule has 0 aromatic rings. The van der Waals surface area contributed by atoms with Crippen LogP contribution in [-0.4, -0.2) is 55.7 Å². The van der Waals surface area contributed by atoms with Crippen LogP contribution in [0.25, 0.3) is 0 Å². The lowest BCUT2D eigenvalue weighted by molar-refractivity contribution is -0.159. The van der Waals surface area contributed by atoms with Gasteiger partial charge < -0.3 is 30.2 Å². The van der Waals surface area contributed by atoms with Crippen molar-refractivity contribution in [1.29, 1.82) is 0 Å². The van der Waals surface area contributed by atoms with E-state index >= 15 is 0 Å². The van der Waals surface area contributed by atoms with E-state index < -0.39 is 18.9 Å². The molecule has 2 atom stereocenters. The SMILES string of the molecule is CB(O)NC(CCCCN)C(=O)OCC1COC(C)(C)O1. The van der Waals surface area contributed by atoms with Crippen molar-refractivity contribution in [2.45, 2.75) is 57.9 Å². The molecular formula is C13H27BN2O5. The first kappa shape index (κ1) is 18.4. The first-order valence-corrected chi connectivity index (χ1v) is 7.46. The molecule has 0 aromatic carbocycles. The van der Waals surface area contributed by atoms with Crippen LogP contribution in [-0.2, 0) is 19.0 Å². The summed E-state index contributed by atoms with van der Waals surface area (Å²) in [6.07, 6.45) is 1.96. The van der Waals surface area contributed by atoms with Crippen LogP contribution in [0.3, 0.4) is 0 Å². The van der Waals surface area contributed by atoms with Crippen LogP contribution in [0.4, 0.5) is 0 Å². The molecule has 0 aromatic heterocycles. The second-order valence-corrected chi connectivity index (χ2v) is 5.76. The second-order valence-electron chi connectivity index (χ2n) is 5.76. The van der Waals surface area contributed by atoms with E-state index in [1.165, 1.54) is 0 Å². The highest BCUT2D eigenvalue weighted by molar-refractivity contribution is 6.46. The smallest absolute Gasteiger partial charge is 0.374 e. The zero-order valence-corrected chi connectivity index (χ0v) is 13.1. The first-order valence-electron chi connectivity index (χ1n) is 7.46. The monoisotopic (exact) mass is 302 g/mol. The van der Waals surface area contributed by atoms with Crippen molar-refractivity contribution in [1.82, 2.24) is 5.23 Å². The largest absolute Gasteiger partial charge is 0.462 e. The Labute approximate surface area is 126 Å². The van der Waals surface area contributed by atoms with E-state index in [1.54, 1.807) is 6.82 Å². The Bertz CT molecular complexity index is 328. The molecule has 0 aliphatic carbocycles. The Hall–Kier alpha value is -0.665. The van der Waals surface area contributed by atoms with E-state index in [4.69, 9.17) is 19.9 Å². The Balaban J connectivity index is 2.37. The highest BCUT2D eigenvalue weighted by Crippen LogP contribution is 2.22. The van der Waals surface area contributed by atoms with Crippen molar-refractivity contribution < 1.29 is 24.0 Å². The number of ether oxygens (including phenoxy) is 3. The van der Waals surface area contributed by atoms with Crippen molar-refractivity contribution in [3.63, 3.8) is 0 Å². The van der Waals surface area contributed by atoms with Gasteiger partial charge in [0.05, 0.1) is 12.6 Å². The maximum atomic E-state index is 12.1. The van der Waals surface area contributed by atoms with Gasteiger partial charge in [0.1, 0.15) is 12.7 Å². The van der Waals surface area contributed by atoms with Gasteiger partial charge in [0.15, 0.2) is 5.79 Å².